The van der Waals surface area contributed by atoms with Gasteiger partial charge in [-0.1, -0.05) is 6.07 Å². The lowest BCUT2D eigenvalue weighted by molar-refractivity contribution is -0.140. The first-order valence-corrected chi connectivity index (χ1v) is 10.3. The largest absolute Gasteiger partial charge is 0.497 e. The zero-order chi connectivity index (χ0) is 22.8. The smallest absolute Gasteiger partial charge is 0.419 e. The highest BCUT2D eigenvalue weighted by Crippen LogP contribution is 2.34. The average molecular weight is 455 g/mol. The minimum absolute atomic E-state index is 0.0527. The number of halogens is 4. The number of aryl methyl sites for hydroxylation is 1. The molecule has 0 saturated heterocycles. The lowest BCUT2D eigenvalue weighted by atomic mass is 10.1. The van der Waals surface area contributed by atoms with Crippen LogP contribution in [0.2, 0.25) is 0 Å². The Bertz CT molecular complexity index is 1190. The van der Waals surface area contributed by atoms with Crippen molar-refractivity contribution in [3.63, 3.8) is 0 Å². The molecule has 0 fully saturated rings. The number of ether oxygens (including phenoxy) is 1. The van der Waals surface area contributed by atoms with Crippen molar-refractivity contribution in [3.8, 4) is 5.75 Å². The summed E-state index contributed by atoms with van der Waals surface area (Å²) in [5.74, 6) is -1.06. The molecule has 0 spiro atoms. The first-order valence-electron chi connectivity index (χ1n) is 8.83. The maximum atomic E-state index is 13.7. The molecule has 164 valence electrons. The van der Waals surface area contributed by atoms with Gasteiger partial charge in [0, 0.05) is 12.3 Å². The quantitative estimate of drug-likeness (QED) is 0.517. The Kier molecular flexibility index (Phi) is 6.16. The third-order valence-electron chi connectivity index (χ3n) is 4.52. The van der Waals surface area contributed by atoms with E-state index in [1.54, 1.807) is 25.1 Å². The van der Waals surface area contributed by atoms with E-state index in [2.05, 4.69) is 9.97 Å². The number of nitrogens with zero attached hydrogens (tertiary/aromatic N) is 3. The number of anilines is 1. The summed E-state index contributed by atoms with van der Waals surface area (Å²) in [5, 5.41) is 0. The molecular formula is C20H17F4N3O3S. The van der Waals surface area contributed by atoms with Crippen LogP contribution >= 0.6 is 0 Å². The predicted molar refractivity (Wildman–Crippen MR) is 105 cm³/mol. The van der Waals surface area contributed by atoms with Crippen molar-refractivity contribution in [2.24, 2.45) is 0 Å². The zero-order valence-corrected chi connectivity index (χ0v) is 17.2. The van der Waals surface area contributed by atoms with Crippen LogP contribution in [0.1, 0.15) is 16.7 Å². The van der Waals surface area contributed by atoms with Crippen LogP contribution in [0.3, 0.4) is 0 Å². The molecule has 0 bridgehead atoms. The summed E-state index contributed by atoms with van der Waals surface area (Å²) in [6.45, 7) is 1.51. The molecular weight excluding hydrogens is 438 g/mol. The van der Waals surface area contributed by atoms with Crippen LogP contribution in [0.4, 0.5) is 23.4 Å². The molecule has 2 aromatic carbocycles. The highest BCUT2D eigenvalue weighted by Gasteiger charge is 2.36. The molecule has 3 aromatic rings. The number of benzene rings is 2. The second-order valence-corrected chi connectivity index (χ2v) is 8.37. The minimum atomic E-state index is -5.05. The summed E-state index contributed by atoms with van der Waals surface area (Å²) in [4.78, 5) is 6.96. The van der Waals surface area contributed by atoms with Crippen LogP contribution in [-0.2, 0) is 22.7 Å². The molecule has 0 aliphatic rings. The van der Waals surface area contributed by atoms with E-state index in [1.807, 2.05) is 0 Å². The van der Waals surface area contributed by atoms with E-state index in [9.17, 15) is 26.0 Å². The van der Waals surface area contributed by atoms with Crippen LogP contribution in [0.15, 0.2) is 59.9 Å². The lowest BCUT2D eigenvalue weighted by Gasteiger charge is -2.24. The van der Waals surface area contributed by atoms with Gasteiger partial charge in [-0.25, -0.2) is 27.1 Å². The van der Waals surface area contributed by atoms with E-state index in [1.165, 1.54) is 19.4 Å². The normalized spacial score (nSPS) is 11.9. The summed E-state index contributed by atoms with van der Waals surface area (Å²) >= 11 is 0. The molecule has 11 heteroatoms. The SMILES string of the molecule is COc1ccc(CN(c2ccncn2)S(=O)(=O)c2ccc(F)c(C(F)(F)F)c2)c(C)c1. The van der Waals surface area contributed by atoms with Crippen molar-refractivity contribution in [2.75, 3.05) is 11.4 Å². The summed E-state index contributed by atoms with van der Waals surface area (Å²) in [6, 6.07) is 7.82. The fraction of sp³-hybridized carbons (Fsp3) is 0.200. The van der Waals surface area contributed by atoms with Crippen LogP contribution < -0.4 is 9.04 Å². The summed E-state index contributed by atoms with van der Waals surface area (Å²) < 4.78 is 85.7. The molecule has 1 aromatic heterocycles. The average Bonchev–Trinajstić information content (AvgIpc) is 2.72. The van der Waals surface area contributed by atoms with Gasteiger partial charge in [0.2, 0.25) is 0 Å². The van der Waals surface area contributed by atoms with E-state index in [0.29, 0.717) is 22.9 Å². The Balaban J connectivity index is 2.12. The molecule has 6 nitrogen and oxygen atoms in total. The summed E-state index contributed by atoms with van der Waals surface area (Å²) in [7, 11) is -3.05. The van der Waals surface area contributed by atoms with Crippen LogP contribution in [0.25, 0.3) is 0 Å². The number of hydrogen-bond acceptors (Lipinski definition) is 5. The van der Waals surface area contributed by atoms with E-state index in [-0.39, 0.29) is 18.4 Å². The third kappa shape index (κ3) is 4.76. The van der Waals surface area contributed by atoms with Gasteiger partial charge in [0.15, 0.2) is 0 Å². The molecule has 1 heterocycles. The fourth-order valence-corrected chi connectivity index (χ4v) is 4.28. The minimum Gasteiger partial charge on any atom is -0.497 e. The molecule has 0 aliphatic heterocycles. The molecule has 0 N–H and O–H groups in total. The van der Waals surface area contributed by atoms with Gasteiger partial charge in [0.05, 0.1) is 24.1 Å². The highest BCUT2D eigenvalue weighted by molar-refractivity contribution is 7.92. The molecule has 0 unspecified atom stereocenters. The van der Waals surface area contributed by atoms with Gasteiger partial charge in [-0.05, 0) is 48.4 Å². The molecule has 0 saturated carbocycles. The van der Waals surface area contributed by atoms with Crippen molar-refractivity contribution in [1.82, 2.24) is 9.97 Å². The second kappa shape index (κ2) is 8.50. The third-order valence-corrected chi connectivity index (χ3v) is 6.26. The Hall–Kier alpha value is -3.21. The van der Waals surface area contributed by atoms with E-state index in [4.69, 9.17) is 4.74 Å². The van der Waals surface area contributed by atoms with E-state index >= 15 is 0 Å². The first kappa shape index (κ1) is 22.5. The number of methoxy groups -OCH3 is 1. The Morgan fingerprint density at radius 3 is 2.42 bits per heavy atom. The van der Waals surface area contributed by atoms with Gasteiger partial charge in [0.1, 0.15) is 23.7 Å². The topological polar surface area (TPSA) is 72.4 Å². The van der Waals surface area contributed by atoms with Gasteiger partial charge in [-0.3, -0.25) is 0 Å². The van der Waals surface area contributed by atoms with Crippen LogP contribution in [-0.4, -0.2) is 25.5 Å². The molecule has 0 amide bonds. The van der Waals surface area contributed by atoms with Crippen molar-refractivity contribution < 1.29 is 30.7 Å². The molecule has 0 atom stereocenters. The van der Waals surface area contributed by atoms with Gasteiger partial charge < -0.3 is 4.74 Å². The number of sulfonamides is 1. The second-order valence-electron chi connectivity index (χ2n) is 6.51. The maximum Gasteiger partial charge on any atom is 0.419 e. The fourth-order valence-electron chi connectivity index (χ4n) is 2.86. The van der Waals surface area contributed by atoms with Crippen molar-refractivity contribution >= 4 is 15.8 Å². The molecule has 0 radical (unpaired) electrons. The lowest BCUT2D eigenvalue weighted by Crippen LogP contribution is -2.32. The Morgan fingerprint density at radius 2 is 1.84 bits per heavy atom. The van der Waals surface area contributed by atoms with Crippen LogP contribution in [0.5, 0.6) is 5.75 Å². The van der Waals surface area contributed by atoms with Crippen molar-refractivity contribution in [2.45, 2.75) is 24.5 Å². The van der Waals surface area contributed by atoms with Crippen molar-refractivity contribution in [3.05, 3.63) is 77.5 Å². The van der Waals surface area contributed by atoms with Crippen molar-refractivity contribution in [1.29, 1.82) is 0 Å². The Morgan fingerprint density at radius 1 is 1.10 bits per heavy atom. The summed E-state index contributed by atoms with van der Waals surface area (Å²) in [6.07, 6.45) is -2.63. The molecule has 31 heavy (non-hydrogen) atoms. The summed E-state index contributed by atoms with van der Waals surface area (Å²) in [5.41, 5.74) is -0.401. The standard InChI is InChI=1S/C20H17F4N3O3S/c1-13-9-15(30-2)4-3-14(13)11-27(19-7-8-25-12-26-19)31(28,29)16-5-6-18(21)17(10-16)20(22,23)24/h3-10,12H,11H2,1-2H3. The van der Waals surface area contributed by atoms with Gasteiger partial charge in [-0.15, -0.1) is 0 Å². The zero-order valence-electron chi connectivity index (χ0n) is 16.4. The first-order chi connectivity index (χ1) is 14.5. The molecule has 3 rings (SSSR count). The van der Waals surface area contributed by atoms with Crippen LogP contribution in [0, 0.1) is 12.7 Å². The maximum absolute atomic E-state index is 13.7. The highest BCUT2D eigenvalue weighted by atomic mass is 32.2. The number of hydrogen-bond donors (Lipinski definition) is 0. The van der Waals surface area contributed by atoms with Gasteiger partial charge in [0.25, 0.3) is 10.0 Å². The Labute approximate surface area is 176 Å². The van der Waals surface area contributed by atoms with Gasteiger partial charge >= 0.3 is 6.18 Å². The number of alkyl halides is 3. The number of aromatic nitrogens is 2. The van der Waals surface area contributed by atoms with Gasteiger partial charge in [-0.2, -0.15) is 13.2 Å². The van der Waals surface area contributed by atoms with E-state index in [0.717, 1.165) is 16.7 Å². The monoisotopic (exact) mass is 455 g/mol. The number of rotatable bonds is 6. The molecule has 0 aliphatic carbocycles. The van der Waals surface area contributed by atoms with E-state index < -0.39 is 32.5 Å². The predicted octanol–water partition coefficient (Wildman–Crippen LogP) is 4.35.